The van der Waals surface area contributed by atoms with Gasteiger partial charge in [0.1, 0.15) is 0 Å². The van der Waals surface area contributed by atoms with E-state index >= 15 is 0 Å². The first-order valence-corrected chi connectivity index (χ1v) is 6.33. The molecule has 1 rings (SSSR count). The molecule has 0 fully saturated rings. The molecule has 1 atom stereocenters. The lowest BCUT2D eigenvalue weighted by atomic mass is 10.3. The van der Waals surface area contributed by atoms with Crippen molar-refractivity contribution in [3.63, 3.8) is 0 Å². The fraction of sp³-hybridized carbons (Fsp3) is 0.333. The molecule has 18 heavy (non-hydrogen) atoms. The van der Waals surface area contributed by atoms with Crippen molar-refractivity contribution in [3.8, 4) is 0 Å². The van der Waals surface area contributed by atoms with E-state index < -0.39 is 44.0 Å². The van der Waals surface area contributed by atoms with Crippen molar-refractivity contribution in [3.05, 3.63) is 34.1 Å². The summed E-state index contributed by atoms with van der Waals surface area (Å²) >= 11 is 0. The predicted octanol–water partition coefficient (Wildman–Crippen LogP) is 0.393. The number of nitrogens with zero attached hydrogens (tertiary/aromatic N) is 1. The monoisotopic (exact) mass is 278 g/mol. The summed E-state index contributed by atoms with van der Waals surface area (Å²) in [5.74, 6) is -1.24. The zero-order chi connectivity index (χ0) is 13.9. The number of nitrogens with one attached hydrogen (secondary N) is 1. The van der Waals surface area contributed by atoms with Crippen molar-refractivity contribution in [1.82, 2.24) is 4.72 Å². The van der Waals surface area contributed by atoms with E-state index in [9.17, 15) is 22.9 Å². The molecule has 7 nitrogen and oxygen atoms in total. The first-order valence-electron chi connectivity index (χ1n) is 4.85. The second-order valence-corrected chi connectivity index (χ2v) is 5.29. The first kappa shape index (κ1) is 14.5. The number of hydrogen-bond acceptors (Lipinski definition) is 5. The molecule has 9 heteroatoms. The number of halogens is 1. The minimum Gasteiger partial charge on any atom is -0.395 e. The van der Waals surface area contributed by atoms with Gasteiger partial charge in [0.15, 0.2) is 0 Å². The number of nitro benzene ring substituents is 1. The Hall–Kier alpha value is -1.58. The minimum absolute atomic E-state index is 0.422. The van der Waals surface area contributed by atoms with Crippen LogP contribution in [0.2, 0.25) is 0 Å². The Bertz CT molecular complexity index is 560. The smallest absolute Gasteiger partial charge is 0.304 e. The van der Waals surface area contributed by atoms with Gasteiger partial charge in [-0.05, 0) is 13.0 Å². The molecule has 0 saturated carbocycles. The Kier molecular flexibility index (Phi) is 4.33. The summed E-state index contributed by atoms with van der Waals surface area (Å²) in [5.41, 5.74) is -0.802. The van der Waals surface area contributed by atoms with Crippen LogP contribution in [-0.2, 0) is 10.0 Å². The molecule has 0 saturated heterocycles. The van der Waals surface area contributed by atoms with Gasteiger partial charge in [-0.15, -0.1) is 0 Å². The van der Waals surface area contributed by atoms with Crippen LogP contribution in [0.25, 0.3) is 0 Å². The predicted molar refractivity (Wildman–Crippen MR) is 59.9 cm³/mol. The van der Waals surface area contributed by atoms with Crippen LogP contribution in [0.4, 0.5) is 10.1 Å². The highest BCUT2D eigenvalue weighted by atomic mass is 32.2. The topological polar surface area (TPSA) is 110 Å². The highest BCUT2D eigenvalue weighted by Gasteiger charge is 2.21. The second kappa shape index (κ2) is 5.38. The molecule has 100 valence electrons. The maximum atomic E-state index is 13.3. The number of sulfonamides is 1. The summed E-state index contributed by atoms with van der Waals surface area (Å²) in [6.45, 7) is 0.994. The number of hydrogen-bond donors (Lipinski definition) is 2. The van der Waals surface area contributed by atoms with Crippen LogP contribution in [-0.4, -0.2) is 31.1 Å². The lowest BCUT2D eigenvalue weighted by molar-refractivity contribution is -0.387. The molecule has 1 unspecified atom stereocenters. The van der Waals surface area contributed by atoms with Gasteiger partial charge in [0.25, 0.3) is 0 Å². The molecular weight excluding hydrogens is 267 g/mol. The van der Waals surface area contributed by atoms with Crippen LogP contribution in [0, 0.1) is 15.9 Å². The first-order chi connectivity index (χ1) is 8.27. The molecule has 0 aliphatic carbocycles. The molecule has 2 N–H and O–H groups in total. The van der Waals surface area contributed by atoms with Crippen LogP contribution in [0.1, 0.15) is 6.92 Å². The molecule has 0 aliphatic heterocycles. The molecule has 0 aliphatic rings. The third-order valence-electron chi connectivity index (χ3n) is 2.06. The summed E-state index contributed by atoms with van der Waals surface area (Å²) in [5, 5.41) is 19.1. The highest BCUT2D eigenvalue weighted by Crippen LogP contribution is 2.20. The molecule has 1 aromatic rings. The van der Waals surface area contributed by atoms with E-state index in [0.29, 0.717) is 6.07 Å². The number of nitro groups is 1. The fourth-order valence-corrected chi connectivity index (χ4v) is 2.42. The van der Waals surface area contributed by atoms with Gasteiger partial charge in [0.05, 0.1) is 16.4 Å². The van der Waals surface area contributed by atoms with Crippen molar-refractivity contribution in [2.75, 3.05) is 6.61 Å². The van der Waals surface area contributed by atoms with Gasteiger partial charge in [-0.2, -0.15) is 4.39 Å². The van der Waals surface area contributed by atoms with Crippen molar-refractivity contribution in [2.24, 2.45) is 0 Å². The van der Waals surface area contributed by atoms with E-state index in [0.717, 1.165) is 12.1 Å². The van der Waals surface area contributed by atoms with Crippen molar-refractivity contribution in [2.45, 2.75) is 17.9 Å². The summed E-state index contributed by atoms with van der Waals surface area (Å²) in [6, 6.07) is 1.51. The second-order valence-electron chi connectivity index (χ2n) is 3.58. The maximum Gasteiger partial charge on any atom is 0.304 e. The summed E-state index contributed by atoms with van der Waals surface area (Å²) < 4.78 is 38.7. The molecule has 0 bridgehead atoms. The normalized spacial score (nSPS) is 13.3. The standard InChI is InChI=1S/C9H11FN2O5S/c1-6(5-13)11-18(16,17)7-2-3-9(12(14)15)8(10)4-7/h2-4,6,11,13H,5H2,1H3. The molecule has 0 heterocycles. The number of aliphatic hydroxyl groups is 1. The molecule has 0 aromatic heterocycles. The van der Waals surface area contributed by atoms with Gasteiger partial charge < -0.3 is 5.11 Å². The van der Waals surface area contributed by atoms with Gasteiger partial charge in [0.2, 0.25) is 15.8 Å². The number of benzene rings is 1. The maximum absolute atomic E-state index is 13.3. The average molecular weight is 278 g/mol. The Morgan fingerprint density at radius 2 is 2.17 bits per heavy atom. The molecule has 0 spiro atoms. The summed E-state index contributed by atoms with van der Waals surface area (Å²) in [6.07, 6.45) is 0. The Labute approximate surface area is 102 Å². The zero-order valence-corrected chi connectivity index (χ0v) is 10.1. The van der Waals surface area contributed by atoms with Crippen molar-refractivity contribution < 1.29 is 22.8 Å². The van der Waals surface area contributed by atoms with Gasteiger partial charge in [-0.3, -0.25) is 10.1 Å². The SMILES string of the molecule is CC(CO)NS(=O)(=O)c1ccc([N+](=O)[O-])c(F)c1. The van der Waals surface area contributed by atoms with Crippen LogP contribution in [0.3, 0.4) is 0 Å². The molecule has 0 amide bonds. The molecular formula is C9H11FN2O5S. The highest BCUT2D eigenvalue weighted by molar-refractivity contribution is 7.89. The van der Waals surface area contributed by atoms with Crippen LogP contribution in [0.15, 0.2) is 23.1 Å². The van der Waals surface area contributed by atoms with Gasteiger partial charge in [-0.1, -0.05) is 0 Å². The number of rotatable bonds is 5. The summed E-state index contributed by atoms with van der Waals surface area (Å²) in [7, 11) is -4.01. The van der Waals surface area contributed by atoms with Gasteiger partial charge >= 0.3 is 5.69 Å². The molecule has 1 aromatic carbocycles. The third-order valence-corrected chi connectivity index (χ3v) is 3.64. The Morgan fingerprint density at radius 3 is 2.61 bits per heavy atom. The fourth-order valence-electron chi connectivity index (χ4n) is 1.17. The largest absolute Gasteiger partial charge is 0.395 e. The van der Waals surface area contributed by atoms with Crippen LogP contribution >= 0.6 is 0 Å². The Morgan fingerprint density at radius 1 is 1.56 bits per heavy atom. The van der Waals surface area contributed by atoms with E-state index in [-0.39, 0.29) is 0 Å². The molecule has 0 radical (unpaired) electrons. The average Bonchev–Trinajstić information content (AvgIpc) is 2.27. The van der Waals surface area contributed by atoms with E-state index in [2.05, 4.69) is 4.72 Å². The third kappa shape index (κ3) is 3.22. The van der Waals surface area contributed by atoms with Gasteiger partial charge in [-0.25, -0.2) is 13.1 Å². The Balaban J connectivity index is 3.12. The van der Waals surface area contributed by atoms with Crippen molar-refractivity contribution in [1.29, 1.82) is 0 Å². The van der Waals surface area contributed by atoms with Crippen molar-refractivity contribution >= 4 is 15.7 Å². The van der Waals surface area contributed by atoms with Gasteiger partial charge in [0, 0.05) is 18.2 Å². The van der Waals surface area contributed by atoms with E-state index in [1.807, 2.05) is 0 Å². The lowest BCUT2D eigenvalue weighted by Crippen LogP contribution is -2.35. The summed E-state index contributed by atoms with van der Waals surface area (Å²) in [4.78, 5) is 8.99. The van der Waals surface area contributed by atoms with Crippen LogP contribution < -0.4 is 4.72 Å². The lowest BCUT2D eigenvalue weighted by Gasteiger charge is -2.11. The number of aliphatic hydroxyl groups excluding tert-OH is 1. The van der Waals surface area contributed by atoms with Crippen LogP contribution in [0.5, 0.6) is 0 Å². The van der Waals surface area contributed by atoms with E-state index in [1.165, 1.54) is 6.92 Å². The quantitative estimate of drug-likeness (QED) is 0.598. The van der Waals surface area contributed by atoms with E-state index in [1.54, 1.807) is 0 Å². The minimum atomic E-state index is -4.01. The zero-order valence-electron chi connectivity index (χ0n) is 9.33. The van der Waals surface area contributed by atoms with E-state index in [4.69, 9.17) is 5.11 Å².